The van der Waals surface area contributed by atoms with Gasteiger partial charge in [-0.15, -0.1) is 0 Å². The van der Waals surface area contributed by atoms with Crippen molar-refractivity contribution < 1.29 is 4.79 Å². The first-order valence-electron chi connectivity index (χ1n) is 6.18. The molecule has 0 bridgehead atoms. The van der Waals surface area contributed by atoms with Crippen LogP contribution in [0.2, 0.25) is 0 Å². The zero-order valence-electron chi connectivity index (χ0n) is 10.0. The fraction of sp³-hybridized carbons (Fsp3) is 0.286. The van der Waals surface area contributed by atoms with Crippen LogP contribution < -0.4 is 5.32 Å². The van der Waals surface area contributed by atoms with Crippen molar-refractivity contribution in [2.45, 2.75) is 24.8 Å². The predicted octanol–water partition coefficient (Wildman–Crippen LogP) is 2.52. The van der Waals surface area contributed by atoms with E-state index in [-0.39, 0.29) is 11.6 Å². The number of hydrogen-bond acceptors (Lipinski definition) is 2. The second-order valence-electron chi connectivity index (χ2n) is 4.68. The van der Waals surface area contributed by atoms with E-state index in [2.05, 4.69) is 22.5 Å². The summed E-state index contributed by atoms with van der Waals surface area (Å²) in [5.74, 6) is 0. The van der Waals surface area contributed by atoms with Crippen LogP contribution in [0.1, 0.15) is 24.8 Å². The van der Waals surface area contributed by atoms with Crippen LogP contribution in [-0.2, 0) is 5.54 Å². The Morgan fingerprint density at radius 1 is 1.22 bits per heavy atom. The van der Waals surface area contributed by atoms with Gasteiger partial charge >= 0.3 is 6.03 Å². The standard InChI is InChI=1S/C14H15N3O/c18-13(17-11-5-10-15-17)16-14(8-4-9-14)12-6-2-1-3-7-12/h1-3,5-7,10-11H,4,8-9H2,(H,16,18). The minimum Gasteiger partial charge on any atom is -0.327 e. The number of benzene rings is 1. The van der Waals surface area contributed by atoms with Gasteiger partial charge in [-0.1, -0.05) is 30.3 Å². The highest BCUT2D eigenvalue weighted by Gasteiger charge is 2.40. The van der Waals surface area contributed by atoms with Crippen molar-refractivity contribution in [2.75, 3.05) is 0 Å². The quantitative estimate of drug-likeness (QED) is 0.878. The lowest BCUT2D eigenvalue weighted by atomic mass is 9.72. The summed E-state index contributed by atoms with van der Waals surface area (Å²) in [6.07, 6.45) is 6.39. The SMILES string of the molecule is O=C(NC1(c2ccccc2)CCC1)n1cccn1. The number of aromatic nitrogens is 2. The van der Waals surface area contributed by atoms with Gasteiger partial charge in [0.1, 0.15) is 0 Å². The fourth-order valence-electron chi connectivity index (χ4n) is 2.42. The lowest BCUT2D eigenvalue weighted by molar-refractivity contribution is 0.176. The number of hydrogen-bond donors (Lipinski definition) is 1. The zero-order chi connectivity index (χ0) is 12.4. The molecule has 18 heavy (non-hydrogen) atoms. The maximum Gasteiger partial charge on any atom is 0.342 e. The minimum absolute atomic E-state index is 0.163. The Morgan fingerprint density at radius 2 is 2.00 bits per heavy atom. The van der Waals surface area contributed by atoms with E-state index >= 15 is 0 Å². The van der Waals surface area contributed by atoms with Crippen LogP contribution in [0.4, 0.5) is 4.79 Å². The summed E-state index contributed by atoms with van der Waals surface area (Å²) in [7, 11) is 0. The Kier molecular flexibility index (Phi) is 2.63. The van der Waals surface area contributed by atoms with Crippen molar-refractivity contribution in [1.82, 2.24) is 15.1 Å². The summed E-state index contributed by atoms with van der Waals surface area (Å²) in [5, 5.41) is 7.07. The molecule has 1 heterocycles. The van der Waals surface area contributed by atoms with Gasteiger partial charge < -0.3 is 5.32 Å². The van der Waals surface area contributed by atoms with Gasteiger partial charge in [0.2, 0.25) is 0 Å². The summed E-state index contributed by atoms with van der Waals surface area (Å²) >= 11 is 0. The Hall–Kier alpha value is -2.10. The molecule has 4 heteroatoms. The third-order valence-corrected chi connectivity index (χ3v) is 3.59. The third kappa shape index (κ3) is 1.79. The highest BCUT2D eigenvalue weighted by molar-refractivity contribution is 5.76. The predicted molar refractivity (Wildman–Crippen MR) is 68.1 cm³/mol. The molecule has 0 radical (unpaired) electrons. The van der Waals surface area contributed by atoms with Crippen molar-refractivity contribution >= 4 is 6.03 Å². The fourth-order valence-corrected chi connectivity index (χ4v) is 2.42. The highest BCUT2D eigenvalue weighted by atomic mass is 16.2. The molecule has 4 nitrogen and oxygen atoms in total. The summed E-state index contributed by atoms with van der Waals surface area (Å²) in [6, 6.07) is 11.7. The van der Waals surface area contributed by atoms with Gasteiger partial charge in [-0.25, -0.2) is 4.79 Å². The van der Waals surface area contributed by atoms with Crippen LogP contribution in [-0.4, -0.2) is 15.8 Å². The largest absolute Gasteiger partial charge is 0.342 e. The maximum absolute atomic E-state index is 12.1. The molecule has 1 fully saturated rings. The normalized spacial score (nSPS) is 16.9. The average molecular weight is 241 g/mol. The van der Waals surface area contributed by atoms with Gasteiger partial charge in [0, 0.05) is 12.4 Å². The molecule has 1 amide bonds. The van der Waals surface area contributed by atoms with E-state index in [1.807, 2.05) is 18.2 Å². The summed E-state index contributed by atoms with van der Waals surface area (Å²) in [4.78, 5) is 12.1. The van der Waals surface area contributed by atoms with E-state index in [4.69, 9.17) is 0 Å². The maximum atomic E-state index is 12.1. The lowest BCUT2D eigenvalue weighted by Crippen LogP contribution is -2.52. The van der Waals surface area contributed by atoms with Crippen molar-refractivity contribution in [3.05, 3.63) is 54.4 Å². The smallest absolute Gasteiger partial charge is 0.327 e. The number of carbonyl (C=O) groups is 1. The van der Waals surface area contributed by atoms with Crippen LogP contribution in [0.15, 0.2) is 48.8 Å². The molecule has 0 spiro atoms. The molecule has 0 unspecified atom stereocenters. The molecule has 1 aromatic heterocycles. The summed E-state index contributed by atoms with van der Waals surface area (Å²) in [6.45, 7) is 0. The first kappa shape index (κ1) is 11.0. The topological polar surface area (TPSA) is 46.9 Å². The van der Waals surface area contributed by atoms with Crippen LogP contribution in [0.3, 0.4) is 0 Å². The highest BCUT2D eigenvalue weighted by Crippen LogP contribution is 2.41. The molecule has 1 aromatic carbocycles. The molecule has 1 saturated carbocycles. The van der Waals surface area contributed by atoms with E-state index < -0.39 is 0 Å². The Balaban J connectivity index is 1.83. The second kappa shape index (κ2) is 4.29. The zero-order valence-corrected chi connectivity index (χ0v) is 10.0. The second-order valence-corrected chi connectivity index (χ2v) is 4.68. The van der Waals surface area contributed by atoms with Gasteiger partial charge in [0.15, 0.2) is 0 Å². The van der Waals surface area contributed by atoms with E-state index in [9.17, 15) is 4.79 Å². The molecular formula is C14H15N3O. The van der Waals surface area contributed by atoms with E-state index in [1.165, 1.54) is 10.2 Å². The lowest BCUT2D eigenvalue weighted by Gasteiger charge is -2.42. The summed E-state index contributed by atoms with van der Waals surface area (Å²) < 4.78 is 1.34. The number of nitrogens with zero attached hydrogens (tertiary/aromatic N) is 2. The molecule has 0 aliphatic heterocycles. The van der Waals surface area contributed by atoms with Crippen LogP contribution >= 0.6 is 0 Å². The van der Waals surface area contributed by atoms with Gasteiger partial charge in [-0.3, -0.25) is 0 Å². The molecular weight excluding hydrogens is 226 g/mol. The monoisotopic (exact) mass is 241 g/mol. The average Bonchev–Trinajstić information content (AvgIpc) is 2.88. The molecule has 1 aliphatic rings. The number of carbonyl (C=O) groups excluding carboxylic acids is 1. The van der Waals surface area contributed by atoms with Crippen molar-refractivity contribution in [3.63, 3.8) is 0 Å². The van der Waals surface area contributed by atoms with Gasteiger partial charge in [-0.2, -0.15) is 9.78 Å². The molecule has 1 aliphatic carbocycles. The number of rotatable bonds is 2. The molecule has 0 atom stereocenters. The summed E-state index contributed by atoms with van der Waals surface area (Å²) in [5.41, 5.74) is 0.973. The molecule has 1 N–H and O–H groups in total. The van der Waals surface area contributed by atoms with Gasteiger partial charge in [0.25, 0.3) is 0 Å². The Morgan fingerprint density at radius 3 is 2.56 bits per heavy atom. The number of amides is 1. The first-order valence-corrected chi connectivity index (χ1v) is 6.18. The van der Waals surface area contributed by atoms with Gasteiger partial charge in [-0.05, 0) is 30.9 Å². The van der Waals surface area contributed by atoms with Crippen LogP contribution in [0, 0.1) is 0 Å². The van der Waals surface area contributed by atoms with E-state index in [0.717, 1.165) is 19.3 Å². The third-order valence-electron chi connectivity index (χ3n) is 3.59. The Bertz CT molecular complexity index is 529. The van der Waals surface area contributed by atoms with Crippen molar-refractivity contribution in [3.8, 4) is 0 Å². The minimum atomic E-state index is -0.204. The first-order chi connectivity index (χ1) is 8.80. The molecule has 3 rings (SSSR count). The Labute approximate surface area is 106 Å². The number of nitrogens with one attached hydrogen (secondary N) is 1. The molecule has 2 aromatic rings. The molecule has 92 valence electrons. The molecule has 0 saturated heterocycles. The van der Waals surface area contributed by atoms with Crippen LogP contribution in [0.25, 0.3) is 0 Å². The van der Waals surface area contributed by atoms with E-state index in [0.29, 0.717) is 0 Å². The van der Waals surface area contributed by atoms with Crippen molar-refractivity contribution in [1.29, 1.82) is 0 Å². The van der Waals surface area contributed by atoms with Gasteiger partial charge in [0.05, 0.1) is 5.54 Å². The van der Waals surface area contributed by atoms with E-state index in [1.54, 1.807) is 18.5 Å². The van der Waals surface area contributed by atoms with Crippen molar-refractivity contribution in [2.24, 2.45) is 0 Å². The van der Waals surface area contributed by atoms with Crippen LogP contribution in [0.5, 0.6) is 0 Å².